The summed E-state index contributed by atoms with van der Waals surface area (Å²) in [7, 11) is 1.61. The Bertz CT molecular complexity index is 1610. The van der Waals surface area contributed by atoms with Crippen molar-refractivity contribution in [2.75, 3.05) is 13.7 Å². The molecule has 0 atom stereocenters. The van der Waals surface area contributed by atoms with Gasteiger partial charge in [0.15, 0.2) is 0 Å². The second-order valence-corrected chi connectivity index (χ2v) is 8.62. The van der Waals surface area contributed by atoms with E-state index >= 15 is 0 Å². The molecule has 0 aliphatic rings. The molecule has 2 heterocycles. The molecule has 2 aromatic heterocycles. The van der Waals surface area contributed by atoms with E-state index in [0.717, 1.165) is 27.8 Å². The van der Waals surface area contributed by atoms with Crippen LogP contribution in [-0.4, -0.2) is 19.6 Å². The highest BCUT2D eigenvalue weighted by Gasteiger charge is 2.18. The Balaban J connectivity index is 1.38. The third-order valence-electron chi connectivity index (χ3n) is 6.37. The standard InChI is InChI=1S/C29H24FNO5/c1-17-22-13-24-25(19-5-7-20(30)8-6-19)16-35-26(24)15-27(22)36-29(33)23(17)14-28(32)31-12-11-18-3-9-21(34-2)10-4-18/h3-10,13,15-16H,11-12,14H2,1-2H3,(H,31,32). The summed E-state index contributed by atoms with van der Waals surface area (Å²) < 4.78 is 29.8. The lowest BCUT2D eigenvalue weighted by atomic mass is 9.99. The van der Waals surface area contributed by atoms with E-state index in [9.17, 15) is 14.0 Å². The maximum Gasteiger partial charge on any atom is 0.340 e. The molecule has 3 aromatic carbocycles. The number of halogens is 1. The molecule has 0 bridgehead atoms. The van der Waals surface area contributed by atoms with Crippen LogP contribution in [0.25, 0.3) is 33.1 Å². The van der Waals surface area contributed by atoms with Crippen molar-refractivity contribution in [3.05, 3.63) is 99.9 Å². The monoisotopic (exact) mass is 485 g/mol. The zero-order valence-corrected chi connectivity index (χ0v) is 19.9. The van der Waals surface area contributed by atoms with Crippen LogP contribution in [0.2, 0.25) is 0 Å². The highest BCUT2D eigenvalue weighted by Crippen LogP contribution is 2.34. The fourth-order valence-electron chi connectivity index (χ4n) is 4.33. The van der Waals surface area contributed by atoms with Crippen molar-refractivity contribution >= 4 is 27.8 Å². The average Bonchev–Trinajstić information content (AvgIpc) is 3.29. The lowest BCUT2D eigenvalue weighted by Gasteiger charge is -2.09. The number of hydrogen-bond donors (Lipinski definition) is 1. The Hall–Kier alpha value is -4.39. The molecule has 5 aromatic rings. The van der Waals surface area contributed by atoms with Gasteiger partial charge in [-0.15, -0.1) is 0 Å². The van der Waals surface area contributed by atoms with Crippen LogP contribution in [0.3, 0.4) is 0 Å². The van der Waals surface area contributed by atoms with Gasteiger partial charge >= 0.3 is 5.63 Å². The van der Waals surface area contributed by atoms with Crippen LogP contribution in [-0.2, 0) is 17.6 Å². The predicted octanol–water partition coefficient (Wildman–Crippen LogP) is 5.56. The first kappa shape index (κ1) is 23.4. The first-order chi connectivity index (χ1) is 17.4. The van der Waals surface area contributed by atoms with Crippen molar-refractivity contribution in [3.63, 3.8) is 0 Å². The number of nitrogens with one attached hydrogen (secondary N) is 1. The number of aryl methyl sites for hydroxylation is 1. The van der Waals surface area contributed by atoms with Crippen molar-refractivity contribution < 1.29 is 22.8 Å². The molecule has 5 rings (SSSR count). The number of carbonyl (C=O) groups excluding carboxylic acids is 1. The highest BCUT2D eigenvalue weighted by molar-refractivity contribution is 6.02. The number of fused-ring (bicyclic) bond motifs is 2. The molecular weight excluding hydrogens is 461 g/mol. The quantitative estimate of drug-likeness (QED) is 0.305. The van der Waals surface area contributed by atoms with Crippen LogP contribution in [0.4, 0.5) is 4.39 Å². The van der Waals surface area contributed by atoms with Crippen molar-refractivity contribution in [1.82, 2.24) is 5.32 Å². The smallest absolute Gasteiger partial charge is 0.340 e. The fourth-order valence-corrected chi connectivity index (χ4v) is 4.33. The second-order valence-electron chi connectivity index (χ2n) is 8.62. The molecule has 6 nitrogen and oxygen atoms in total. The molecule has 7 heteroatoms. The largest absolute Gasteiger partial charge is 0.497 e. The van der Waals surface area contributed by atoms with Crippen molar-refractivity contribution in [2.45, 2.75) is 19.8 Å². The van der Waals surface area contributed by atoms with E-state index in [1.54, 1.807) is 31.6 Å². The van der Waals surface area contributed by atoms with E-state index in [-0.39, 0.29) is 18.1 Å². The summed E-state index contributed by atoms with van der Waals surface area (Å²) >= 11 is 0. The van der Waals surface area contributed by atoms with Crippen molar-refractivity contribution in [1.29, 1.82) is 0 Å². The molecule has 1 N–H and O–H groups in total. The Morgan fingerprint density at radius 3 is 2.47 bits per heavy atom. The number of ether oxygens (including phenoxy) is 1. The number of benzene rings is 3. The fraction of sp³-hybridized carbons (Fsp3) is 0.172. The van der Waals surface area contributed by atoms with E-state index in [4.69, 9.17) is 13.6 Å². The minimum atomic E-state index is -0.546. The number of methoxy groups -OCH3 is 1. The number of furan rings is 1. The zero-order valence-electron chi connectivity index (χ0n) is 19.9. The molecule has 0 radical (unpaired) electrons. The molecule has 0 aliphatic carbocycles. The van der Waals surface area contributed by atoms with Gasteiger partial charge < -0.3 is 18.9 Å². The third-order valence-corrected chi connectivity index (χ3v) is 6.37. The molecule has 0 saturated carbocycles. The minimum Gasteiger partial charge on any atom is -0.497 e. The molecule has 0 fully saturated rings. The zero-order chi connectivity index (χ0) is 25.2. The number of carbonyl (C=O) groups is 1. The Labute approximate surface area is 206 Å². The first-order valence-electron chi connectivity index (χ1n) is 11.6. The summed E-state index contributed by atoms with van der Waals surface area (Å²) in [5.41, 5.74) is 4.06. The summed E-state index contributed by atoms with van der Waals surface area (Å²) in [6, 6.07) is 17.4. The van der Waals surface area contributed by atoms with Gasteiger partial charge in [0, 0.05) is 28.9 Å². The summed E-state index contributed by atoms with van der Waals surface area (Å²) in [5.74, 6) is 0.204. The lowest BCUT2D eigenvalue weighted by molar-refractivity contribution is -0.120. The van der Waals surface area contributed by atoms with Crippen molar-refractivity contribution in [3.8, 4) is 16.9 Å². The van der Waals surface area contributed by atoms with Gasteiger partial charge in [-0.2, -0.15) is 0 Å². The van der Waals surface area contributed by atoms with Crippen LogP contribution in [0, 0.1) is 12.7 Å². The molecular formula is C29H24FNO5. The van der Waals surface area contributed by atoms with Gasteiger partial charge in [0.1, 0.15) is 22.7 Å². The Kier molecular flexibility index (Phi) is 6.29. The minimum absolute atomic E-state index is 0.0824. The van der Waals surface area contributed by atoms with E-state index in [1.165, 1.54) is 12.1 Å². The van der Waals surface area contributed by atoms with Crippen molar-refractivity contribution in [2.24, 2.45) is 0 Å². The van der Waals surface area contributed by atoms with Gasteiger partial charge in [-0.1, -0.05) is 24.3 Å². The summed E-state index contributed by atoms with van der Waals surface area (Å²) in [6.07, 6.45) is 2.17. The van der Waals surface area contributed by atoms with Crippen LogP contribution < -0.4 is 15.7 Å². The molecule has 0 unspecified atom stereocenters. The number of amides is 1. The highest BCUT2D eigenvalue weighted by atomic mass is 19.1. The predicted molar refractivity (Wildman–Crippen MR) is 136 cm³/mol. The van der Waals surface area contributed by atoms with E-state index in [1.807, 2.05) is 37.3 Å². The summed E-state index contributed by atoms with van der Waals surface area (Å²) in [6.45, 7) is 2.25. The van der Waals surface area contributed by atoms with Gasteiger partial charge in [0.05, 0.1) is 25.4 Å². The van der Waals surface area contributed by atoms with Gasteiger partial charge in [-0.3, -0.25) is 4.79 Å². The molecule has 0 saturated heterocycles. The average molecular weight is 486 g/mol. The first-order valence-corrected chi connectivity index (χ1v) is 11.6. The molecule has 182 valence electrons. The molecule has 0 aliphatic heterocycles. The SMILES string of the molecule is COc1ccc(CCNC(=O)Cc2c(C)c3cc4c(-c5ccc(F)cc5)coc4cc3oc2=O)cc1. The molecule has 0 spiro atoms. The maximum absolute atomic E-state index is 13.4. The molecule has 1 amide bonds. The van der Waals surface area contributed by atoms with Crippen LogP contribution in [0.5, 0.6) is 5.75 Å². The lowest BCUT2D eigenvalue weighted by Crippen LogP contribution is -2.29. The normalized spacial score (nSPS) is 11.2. The van der Waals surface area contributed by atoms with Gasteiger partial charge in [-0.25, -0.2) is 9.18 Å². The van der Waals surface area contributed by atoms with Crippen LogP contribution in [0.15, 0.2) is 80.6 Å². The summed E-state index contributed by atoms with van der Waals surface area (Å²) in [4.78, 5) is 25.3. The van der Waals surface area contributed by atoms with E-state index in [2.05, 4.69) is 5.32 Å². The van der Waals surface area contributed by atoms with Gasteiger partial charge in [-0.05, 0) is 60.4 Å². The van der Waals surface area contributed by atoms with Gasteiger partial charge in [0.25, 0.3) is 0 Å². The van der Waals surface area contributed by atoms with Gasteiger partial charge in [0.2, 0.25) is 5.91 Å². The molecule has 36 heavy (non-hydrogen) atoms. The topological polar surface area (TPSA) is 81.7 Å². The third kappa shape index (κ3) is 4.60. The Morgan fingerprint density at radius 2 is 1.75 bits per heavy atom. The number of hydrogen-bond acceptors (Lipinski definition) is 5. The van der Waals surface area contributed by atoms with E-state index < -0.39 is 5.63 Å². The van der Waals surface area contributed by atoms with E-state index in [0.29, 0.717) is 40.6 Å². The number of rotatable bonds is 7. The van der Waals surface area contributed by atoms with Crippen LogP contribution in [0.1, 0.15) is 16.7 Å². The summed E-state index contributed by atoms with van der Waals surface area (Å²) in [5, 5.41) is 4.40. The maximum atomic E-state index is 13.4. The second kappa shape index (κ2) is 9.70. The van der Waals surface area contributed by atoms with Crippen LogP contribution >= 0.6 is 0 Å². The Morgan fingerprint density at radius 1 is 1.00 bits per heavy atom.